The van der Waals surface area contributed by atoms with Crippen molar-refractivity contribution >= 4 is 22.4 Å². The Balaban J connectivity index is 1.25. The van der Waals surface area contributed by atoms with Crippen molar-refractivity contribution in [1.29, 1.82) is 0 Å². The molecular formula is C32H33N5O2. The highest BCUT2D eigenvalue weighted by Gasteiger charge is 2.27. The number of likely N-dealkylation sites (N-methyl/N-ethyl adjacent to an activating group) is 1. The van der Waals surface area contributed by atoms with Gasteiger partial charge in [0, 0.05) is 71.6 Å². The highest BCUT2D eigenvalue weighted by atomic mass is 16.5. The van der Waals surface area contributed by atoms with Crippen LogP contribution in [0.25, 0.3) is 33.4 Å². The van der Waals surface area contributed by atoms with Gasteiger partial charge in [-0.25, -0.2) is 0 Å². The second kappa shape index (κ2) is 9.82. The van der Waals surface area contributed by atoms with Gasteiger partial charge in [0.05, 0.1) is 0 Å². The second-order valence-electron chi connectivity index (χ2n) is 10.8. The molecule has 2 unspecified atom stereocenters. The van der Waals surface area contributed by atoms with E-state index in [1.54, 1.807) is 6.92 Å². The summed E-state index contributed by atoms with van der Waals surface area (Å²) in [5.74, 6) is 1.15. The van der Waals surface area contributed by atoms with Gasteiger partial charge in [-0.3, -0.25) is 9.69 Å². The lowest BCUT2D eigenvalue weighted by atomic mass is 9.95. The number of nitrogens with zero attached hydrogens (tertiary/aromatic N) is 4. The molecule has 0 aliphatic carbocycles. The number of rotatable bonds is 5. The molecule has 39 heavy (non-hydrogen) atoms. The molecule has 0 bridgehead atoms. The number of H-pyrrole nitrogens is 1. The van der Waals surface area contributed by atoms with Gasteiger partial charge in [0.2, 0.25) is 11.7 Å². The van der Waals surface area contributed by atoms with Crippen LogP contribution < -0.4 is 4.90 Å². The van der Waals surface area contributed by atoms with E-state index in [1.165, 1.54) is 0 Å². The average molecular weight is 520 g/mol. The van der Waals surface area contributed by atoms with E-state index in [-0.39, 0.29) is 5.78 Å². The number of piperazine rings is 1. The summed E-state index contributed by atoms with van der Waals surface area (Å²) in [5, 5.41) is 4.98. The zero-order valence-electron chi connectivity index (χ0n) is 23.0. The molecule has 2 atom stereocenters. The van der Waals surface area contributed by atoms with E-state index >= 15 is 0 Å². The number of hydrogen-bond donors (Lipinski definition) is 1. The fourth-order valence-corrected chi connectivity index (χ4v) is 5.61. The SMILES string of the molecule is Cc1nc(-c2ccc(-c3ccc(C(=O)c4c[nH]c5ccc(N6CC(C)N(C)C(C)C6)cc45)cc3)c(C)c2)no1. The highest BCUT2D eigenvalue weighted by molar-refractivity contribution is 6.16. The van der Waals surface area contributed by atoms with Gasteiger partial charge in [-0.05, 0) is 68.8 Å². The van der Waals surface area contributed by atoms with E-state index in [0.29, 0.717) is 34.9 Å². The van der Waals surface area contributed by atoms with Crippen molar-refractivity contribution in [3.8, 4) is 22.5 Å². The maximum atomic E-state index is 13.6. The fraction of sp³-hybridized carbons (Fsp3) is 0.281. The van der Waals surface area contributed by atoms with Crippen LogP contribution in [0.5, 0.6) is 0 Å². The molecule has 6 rings (SSSR count). The van der Waals surface area contributed by atoms with Crippen LogP contribution in [0.3, 0.4) is 0 Å². The van der Waals surface area contributed by atoms with Gasteiger partial charge in [-0.15, -0.1) is 0 Å². The quantitative estimate of drug-likeness (QED) is 0.276. The highest BCUT2D eigenvalue weighted by Crippen LogP contribution is 2.31. The summed E-state index contributed by atoms with van der Waals surface area (Å²) in [6.07, 6.45) is 1.84. The van der Waals surface area contributed by atoms with Crippen LogP contribution >= 0.6 is 0 Å². The fourth-order valence-electron chi connectivity index (χ4n) is 5.61. The summed E-state index contributed by atoms with van der Waals surface area (Å²) >= 11 is 0. The average Bonchev–Trinajstić information content (AvgIpc) is 3.57. The summed E-state index contributed by atoms with van der Waals surface area (Å²) in [7, 11) is 2.19. The van der Waals surface area contributed by atoms with Gasteiger partial charge in [-0.2, -0.15) is 4.98 Å². The Morgan fingerprint density at radius 3 is 2.33 bits per heavy atom. The summed E-state index contributed by atoms with van der Waals surface area (Å²) in [6, 6.07) is 21.3. The van der Waals surface area contributed by atoms with Crippen LogP contribution in [0.1, 0.15) is 41.2 Å². The van der Waals surface area contributed by atoms with Gasteiger partial charge < -0.3 is 14.4 Å². The number of ketones is 1. The Labute approximate surface area is 228 Å². The van der Waals surface area contributed by atoms with E-state index in [0.717, 1.165) is 51.9 Å². The first-order valence-electron chi connectivity index (χ1n) is 13.4. The predicted molar refractivity (Wildman–Crippen MR) is 155 cm³/mol. The van der Waals surface area contributed by atoms with E-state index < -0.39 is 0 Å². The molecule has 2 aromatic heterocycles. The number of nitrogens with one attached hydrogen (secondary N) is 1. The van der Waals surface area contributed by atoms with Crippen molar-refractivity contribution in [3.63, 3.8) is 0 Å². The lowest BCUT2D eigenvalue weighted by molar-refractivity contribution is 0.104. The van der Waals surface area contributed by atoms with Gasteiger partial charge in [0.1, 0.15) is 0 Å². The van der Waals surface area contributed by atoms with Gasteiger partial charge in [0.25, 0.3) is 0 Å². The third kappa shape index (κ3) is 4.63. The molecular weight excluding hydrogens is 486 g/mol. The number of aromatic nitrogens is 3. The molecule has 0 radical (unpaired) electrons. The molecule has 1 saturated heterocycles. The number of carbonyl (C=O) groups is 1. The van der Waals surface area contributed by atoms with E-state index in [1.807, 2.05) is 36.5 Å². The van der Waals surface area contributed by atoms with Crippen LogP contribution in [0.2, 0.25) is 0 Å². The zero-order chi connectivity index (χ0) is 27.3. The molecule has 1 fully saturated rings. The third-order valence-corrected chi connectivity index (χ3v) is 8.11. The Morgan fingerprint density at radius 1 is 0.949 bits per heavy atom. The van der Waals surface area contributed by atoms with E-state index in [9.17, 15) is 4.79 Å². The molecule has 1 aliphatic rings. The minimum atomic E-state index is 0.0182. The normalized spacial score (nSPS) is 18.1. The van der Waals surface area contributed by atoms with Gasteiger partial charge in [-0.1, -0.05) is 41.6 Å². The first-order chi connectivity index (χ1) is 18.8. The molecule has 5 aromatic rings. The summed E-state index contributed by atoms with van der Waals surface area (Å²) < 4.78 is 5.12. The molecule has 3 heterocycles. The summed E-state index contributed by atoms with van der Waals surface area (Å²) in [4.78, 5) is 26.1. The second-order valence-corrected chi connectivity index (χ2v) is 10.8. The zero-order valence-corrected chi connectivity index (χ0v) is 23.0. The van der Waals surface area contributed by atoms with Crippen LogP contribution in [0.15, 0.2) is 71.4 Å². The lowest BCUT2D eigenvalue weighted by Crippen LogP contribution is -2.55. The van der Waals surface area contributed by atoms with Crippen molar-refractivity contribution in [2.45, 2.75) is 39.8 Å². The molecule has 0 amide bonds. The van der Waals surface area contributed by atoms with E-state index in [2.05, 4.69) is 83.1 Å². The smallest absolute Gasteiger partial charge is 0.223 e. The largest absolute Gasteiger partial charge is 0.368 e. The number of fused-ring (bicyclic) bond motifs is 1. The topological polar surface area (TPSA) is 78.3 Å². The Kier molecular flexibility index (Phi) is 6.31. The minimum Gasteiger partial charge on any atom is -0.368 e. The van der Waals surface area contributed by atoms with Gasteiger partial charge in [0.15, 0.2) is 5.78 Å². The van der Waals surface area contributed by atoms with Gasteiger partial charge >= 0.3 is 0 Å². The molecule has 1 N–H and O–H groups in total. The Morgan fingerprint density at radius 2 is 1.67 bits per heavy atom. The Hall–Kier alpha value is -4.23. The number of aromatic amines is 1. The third-order valence-electron chi connectivity index (χ3n) is 8.11. The predicted octanol–water partition coefficient (Wildman–Crippen LogP) is 6.26. The van der Waals surface area contributed by atoms with Crippen LogP contribution in [-0.4, -0.2) is 58.0 Å². The minimum absolute atomic E-state index is 0.0182. The first-order valence-corrected chi connectivity index (χ1v) is 13.4. The number of carbonyl (C=O) groups excluding carboxylic acids is 1. The number of benzene rings is 3. The molecule has 0 spiro atoms. The maximum absolute atomic E-state index is 13.6. The molecule has 3 aromatic carbocycles. The van der Waals surface area contributed by atoms with Crippen molar-refractivity contribution in [2.24, 2.45) is 0 Å². The molecule has 0 saturated carbocycles. The standard InChI is InChI=1S/C32H33N5O2/c1-19-14-25(32-34-22(4)39-35-32)10-12-27(19)23-6-8-24(9-7-23)31(38)29-16-33-30-13-11-26(15-28(29)30)37-17-20(2)36(5)21(3)18-37/h6-16,20-21,33H,17-18H2,1-5H3. The van der Waals surface area contributed by atoms with Crippen LogP contribution in [-0.2, 0) is 0 Å². The monoisotopic (exact) mass is 519 g/mol. The van der Waals surface area contributed by atoms with Crippen molar-refractivity contribution < 1.29 is 9.32 Å². The maximum Gasteiger partial charge on any atom is 0.223 e. The van der Waals surface area contributed by atoms with Crippen LogP contribution in [0.4, 0.5) is 5.69 Å². The first kappa shape index (κ1) is 25.1. The number of aryl methyl sites for hydroxylation is 2. The van der Waals surface area contributed by atoms with Crippen molar-refractivity contribution in [3.05, 3.63) is 89.4 Å². The summed E-state index contributed by atoms with van der Waals surface area (Å²) in [5.41, 5.74) is 7.68. The van der Waals surface area contributed by atoms with Crippen LogP contribution in [0, 0.1) is 13.8 Å². The molecule has 7 heteroatoms. The van der Waals surface area contributed by atoms with Crippen molar-refractivity contribution in [2.75, 3.05) is 25.0 Å². The Bertz CT molecular complexity index is 1650. The molecule has 1 aliphatic heterocycles. The molecule has 198 valence electrons. The summed E-state index contributed by atoms with van der Waals surface area (Å²) in [6.45, 7) is 10.3. The number of hydrogen-bond acceptors (Lipinski definition) is 6. The number of anilines is 1. The molecule has 7 nitrogen and oxygen atoms in total. The lowest BCUT2D eigenvalue weighted by Gasteiger charge is -2.43. The van der Waals surface area contributed by atoms with Crippen molar-refractivity contribution in [1.82, 2.24) is 20.0 Å². The van der Waals surface area contributed by atoms with E-state index in [4.69, 9.17) is 4.52 Å².